The van der Waals surface area contributed by atoms with Crippen molar-refractivity contribution in [2.75, 3.05) is 5.32 Å². The van der Waals surface area contributed by atoms with Crippen LogP contribution in [0.5, 0.6) is 0 Å². The highest BCUT2D eigenvalue weighted by atomic mass is 16.6. The van der Waals surface area contributed by atoms with Gasteiger partial charge in [-0.1, -0.05) is 6.07 Å². The Labute approximate surface area is 128 Å². The predicted molar refractivity (Wildman–Crippen MR) is 82.5 cm³/mol. The van der Waals surface area contributed by atoms with E-state index in [1.165, 1.54) is 6.07 Å². The van der Waals surface area contributed by atoms with Crippen molar-refractivity contribution < 1.29 is 14.3 Å². The number of nitrogens with one attached hydrogen (secondary N) is 1. The fraction of sp³-hybridized carbons (Fsp3) is 0.250. The van der Waals surface area contributed by atoms with E-state index < -0.39 is 11.0 Å². The lowest BCUT2D eigenvalue weighted by Crippen LogP contribution is -2.44. The van der Waals surface area contributed by atoms with Gasteiger partial charge in [-0.05, 0) is 26.0 Å². The van der Waals surface area contributed by atoms with Gasteiger partial charge < -0.3 is 5.32 Å². The topological polar surface area (TPSA) is 76.1 Å². The molecule has 0 spiro atoms. The fourth-order valence-corrected chi connectivity index (χ4v) is 2.12. The van der Waals surface area contributed by atoms with Gasteiger partial charge in [0.05, 0.1) is 4.92 Å². The van der Waals surface area contributed by atoms with Gasteiger partial charge in [0.1, 0.15) is 0 Å². The summed E-state index contributed by atoms with van der Waals surface area (Å²) in [6, 6.07) is 8.06. The van der Waals surface area contributed by atoms with Crippen LogP contribution >= 0.6 is 0 Å². The number of anilines is 1. The first-order valence-corrected chi connectivity index (χ1v) is 6.92. The molecule has 6 nitrogen and oxygen atoms in total. The minimum Gasteiger partial charge on any atom is -0.320 e. The summed E-state index contributed by atoms with van der Waals surface area (Å²) < 4.78 is 1.80. The van der Waals surface area contributed by atoms with Gasteiger partial charge in [-0.2, -0.15) is 4.57 Å². The molecule has 1 N–H and O–H groups in total. The van der Waals surface area contributed by atoms with E-state index in [0.717, 1.165) is 5.56 Å². The average molecular weight is 300 g/mol. The third-order valence-electron chi connectivity index (χ3n) is 3.47. The van der Waals surface area contributed by atoms with Gasteiger partial charge in [-0.3, -0.25) is 14.9 Å². The Morgan fingerprint density at radius 1 is 1.32 bits per heavy atom. The van der Waals surface area contributed by atoms with Crippen LogP contribution in [0.4, 0.5) is 11.4 Å². The van der Waals surface area contributed by atoms with E-state index >= 15 is 0 Å². The maximum absolute atomic E-state index is 12.3. The Balaban J connectivity index is 2.18. The molecule has 1 amide bonds. The molecule has 0 saturated carbocycles. The largest absolute Gasteiger partial charge is 0.320 e. The van der Waals surface area contributed by atoms with Crippen LogP contribution in [0, 0.1) is 24.0 Å². The number of amides is 1. The van der Waals surface area contributed by atoms with Crippen molar-refractivity contribution >= 4 is 17.3 Å². The van der Waals surface area contributed by atoms with Gasteiger partial charge >= 0.3 is 0 Å². The van der Waals surface area contributed by atoms with Crippen LogP contribution in [0.15, 0.2) is 42.7 Å². The van der Waals surface area contributed by atoms with Gasteiger partial charge in [0.25, 0.3) is 11.6 Å². The van der Waals surface area contributed by atoms with Crippen LogP contribution in [0.25, 0.3) is 0 Å². The minimum atomic E-state index is -0.455. The van der Waals surface area contributed by atoms with Crippen molar-refractivity contribution in [1.82, 2.24) is 0 Å². The van der Waals surface area contributed by atoms with Crippen molar-refractivity contribution in [2.24, 2.45) is 0 Å². The van der Waals surface area contributed by atoms with Gasteiger partial charge in [0, 0.05) is 35.9 Å². The molecule has 2 aromatic rings. The molecular formula is C16H18N3O3+. The van der Waals surface area contributed by atoms with Crippen molar-refractivity contribution in [3.05, 3.63) is 64.0 Å². The number of rotatable bonds is 4. The summed E-state index contributed by atoms with van der Waals surface area (Å²) in [5.74, 6) is -0.228. The predicted octanol–water partition coefficient (Wildman–Crippen LogP) is 2.70. The Morgan fingerprint density at radius 2 is 2.05 bits per heavy atom. The third kappa shape index (κ3) is 3.46. The Hall–Kier alpha value is -2.76. The number of nitro benzene ring substituents is 1. The second-order valence-electron chi connectivity index (χ2n) is 5.25. The van der Waals surface area contributed by atoms with Crippen LogP contribution in [0.1, 0.15) is 24.1 Å². The molecule has 0 aliphatic rings. The van der Waals surface area contributed by atoms with Gasteiger partial charge in [-0.15, -0.1) is 0 Å². The van der Waals surface area contributed by atoms with E-state index in [0.29, 0.717) is 11.3 Å². The maximum atomic E-state index is 12.3. The maximum Gasteiger partial charge on any atom is 0.293 e. The molecular weight excluding hydrogens is 282 g/mol. The summed E-state index contributed by atoms with van der Waals surface area (Å²) in [5.41, 5.74) is 2.02. The number of benzene rings is 1. The number of pyridine rings is 1. The number of hydrogen-bond donors (Lipinski definition) is 1. The van der Waals surface area contributed by atoms with Crippen molar-refractivity contribution in [1.29, 1.82) is 0 Å². The molecule has 6 heteroatoms. The molecule has 114 valence electrons. The molecule has 1 atom stereocenters. The number of carbonyl (C=O) groups excluding carboxylic acids is 1. The standard InChI is InChI=1S/C16H17N3O3/c1-11-5-4-8-18(10-11)13(3)16(20)17-14-7-6-12(2)15(9-14)19(21)22/h4-10,13H,1-3H3/p+1/t13-/m1/s1. The molecule has 0 saturated heterocycles. The van der Waals surface area contributed by atoms with Crippen LogP contribution in [0.3, 0.4) is 0 Å². The van der Waals surface area contributed by atoms with Gasteiger partial charge in [0.15, 0.2) is 12.4 Å². The quantitative estimate of drug-likeness (QED) is 0.536. The molecule has 0 fully saturated rings. The summed E-state index contributed by atoms with van der Waals surface area (Å²) >= 11 is 0. The Kier molecular flexibility index (Phi) is 4.50. The van der Waals surface area contributed by atoms with Gasteiger partial charge in [0.2, 0.25) is 6.04 Å². The molecule has 0 aliphatic carbocycles. The van der Waals surface area contributed by atoms with Gasteiger partial charge in [-0.25, -0.2) is 0 Å². The van der Waals surface area contributed by atoms with Crippen molar-refractivity contribution in [3.8, 4) is 0 Å². The molecule has 0 radical (unpaired) electrons. The summed E-state index contributed by atoms with van der Waals surface area (Å²) in [4.78, 5) is 22.8. The van der Waals surface area contributed by atoms with E-state index in [9.17, 15) is 14.9 Å². The van der Waals surface area contributed by atoms with Crippen molar-refractivity contribution in [2.45, 2.75) is 26.8 Å². The normalized spacial score (nSPS) is 11.8. The zero-order chi connectivity index (χ0) is 16.3. The number of carbonyl (C=O) groups is 1. The molecule has 1 aromatic carbocycles. The Morgan fingerprint density at radius 3 is 2.68 bits per heavy atom. The first-order chi connectivity index (χ1) is 10.4. The van der Waals surface area contributed by atoms with E-state index in [1.54, 1.807) is 30.5 Å². The van der Waals surface area contributed by atoms with E-state index in [2.05, 4.69) is 5.32 Å². The number of hydrogen-bond acceptors (Lipinski definition) is 3. The fourth-order valence-electron chi connectivity index (χ4n) is 2.12. The monoisotopic (exact) mass is 300 g/mol. The molecule has 2 rings (SSSR count). The van der Waals surface area contributed by atoms with Crippen molar-refractivity contribution in [3.63, 3.8) is 0 Å². The summed E-state index contributed by atoms with van der Waals surface area (Å²) in [7, 11) is 0. The molecule has 0 unspecified atom stereocenters. The highest BCUT2D eigenvalue weighted by molar-refractivity contribution is 5.92. The second kappa shape index (κ2) is 6.34. The lowest BCUT2D eigenvalue weighted by molar-refractivity contribution is -0.705. The highest BCUT2D eigenvalue weighted by Crippen LogP contribution is 2.22. The minimum absolute atomic E-state index is 0.00587. The lowest BCUT2D eigenvalue weighted by Gasteiger charge is -2.09. The lowest BCUT2D eigenvalue weighted by atomic mass is 10.1. The average Bonchev–Trinajstić information content (AvgIpc) is 2.48. The van der Waals surface area contributed by atoms with E-state index in [1.807, 2.05) is 31.5 Å². The number of aromatic nitrogens is 1. The molecule has 1 heterocycles. The van der Waals surface area contributed by atoms with Crippen LogP contribution in [-0.4, -0.2) is 10.8 Å². The SMILES string of the molecule is Cc1ccc[n+]([C@H](C)C(=O)Nc2ccc(C)c([N+](=O)[O-])c2)c1. The van der Waals surface area contributed by atoms with Crippen LogP contribution < -0.4 is 9.88 Å². The smallest absolute Gasteiger partial charge is 0.293 e. The molecule has 0 bridgehead atoms. The number of aryl methyl sites for hydroxylation is 2. The highest BCUT2D eigenvalue weighted by Gasteiger charge is 2.22. The first kappa shape index (κ1) is 15.6. The Bertz CT molecular complexity index is 728. The van der Waals surface area contributed by atoms with E-state index in [-0.39, 0.29) is 11.6 Å². The summed E-state index contributed by atoms with van der Waals surface area (Å²) in [6.45, 7) is 5.39. The third-order valence-corrected chi connectivity index (χ3v) is 3.47. The van der Waals surface area contributed by atoms with Crippen LogP contribution in [0.2, 0.25) is 0 Å². The number of nitro groups is 1. The first-order valence-electron chi connectivity index (χ1n) is 6.92. The molecule has 0 aliphatic heterocycles. The molecule has 22 heavy (non-hydrogen) atoms. The zero-order valence-electron chi connectivity index (χ0n) is 12.7. The zero-order valence-corrected chi connectivity index (χ0v) is 12.7. The summed E-state index contributed by atoms with van der Waals surface area (Å²) in [5, 5.41) is 13.7. The number of nitrogens with zero attached hydrogens (tertiary/aromatic N) is 2. The second-order valence-corrected chi connectivity index (χ2v) is 5.25. The molecule has 1 aromatic heterocycles. The van der Waals surface area contributed by atoms with Crippen LogP contribution in [-0.2, 0) is 4.79 Å². The summed E-state index contributed by atoms with van der Waals surface area (Å²) in [6.07, 6.45) is 3.69. The van der Waals surface area contributed by atoms with E-state index in [4.69, 9.17) is 0 Å².